The Bertz CT molecular complexity index is 490. The van der Waals surface area contributed by atoms with Crippen molar-refractivity contribution in [3.05, 3.63) is 0 Å². The molecule has 3 aliphatic rings. The van der Waals surface area contributed by atoms with E-state index in [1.165, 1.54) is 0 Å². The maximum absolute atomic E-state index is 14.6. The van der Waals surface area contributed by atoms with Crippen molar-refractivity contribution < 1.29 is 36.2 Å². The molecule has 6 unspecified atom stereocenters. The number of halogens is 5. The number of alkyl halides is 5. The zero-order chi connectivity index (χ0) is 19.7. The van der Waals surface area contributed by atoms with Crippen molar-refractivity contribution >= 4 is 5.97 Å². The monoisotopic (exact) mass is 398 g/mol. The summed E-state index contributed by atoms with van der Waals surface area (Å²) in [4.78, 5) is 12.2. The zero-order valence-corrected chi connectivity index (χ0v) is 15.3. The summed E-state index contributed by atoms with van der Waals surface area (Å²) in [6.45, 7) is 2.62. The van der Waals surface area contributed by atoms with Crippen LogP contribution >= 0.6 is 0 Å². The van der Waals surface area contributed by atoms with Crippen molar-refractivity contribution in [3.8, 4) is 0 Å². The molecular formula is C19H27F5O3. The van der Waals surface area contributed by atoms with Gasteiger partial charge in [0.05, 0.1) is 6.10 Å². The van der Waals surface area contributed by atoms with Crippen LogP contribution in [-0.2, 0) is 14.3 Å². The molecule has 1 aliphatic heterocycles. The summed E-state index contributed by atoms with van der Waals surface area (Å²) >= 11 is 0. The third kappa shape index (κ3) is 4.74. The molecule has 0 bridgehead atoms. The molecule has 2 aliphatic carbocycles. The van der Waals surface area contributed by atoms with E-state index in [4.69, 9.17) is 9.47 Å². The van der Waals surface area contributed by atoms with E-state index in [9.17, 15) is 26.7 Å². The van der Waals surface area contributed by atoms with Gasteiger partial charge in [-0.15, -0.1) is 0 Å². The lowest BCUT2D eigenvalue weighted by atomic mass is 9.75. The molecule has 3 nitrogen and oxygen atoms in total. The van der Waals surface area contributed by atoms with Gasteiger partial charge in [-0.2, -0.15) is 0 Å². The van der Waals surface area contributed by atoms with E-state index < -0.39 is 61.7 Å². The highest BCUT2D eigenvalue weighted by molar-refractivity contribution is 5.74. The smallest absolute Gasteiger partial charge is 0.315 e. The van der Waals surface area contributed by atoms with Gasteiger partial charge in [0.25, 0.3) is 0 Å². The van der Waals surface area contributed by atoms with E-state index in [1.807, 2.05) is 0 Å². The van der Waals surface area contributed by atoms with E-state index >= 15 is 0 Å². The van der Waals surface area contributed by atoms with Crippen molar-refractivity contribution in [1.82, 2.24) is 0 Å². The van der Waals surface area contributed by atoms with Crippen molar-refractivity contribution in [3.63, 3.8) is 0 Å². The molecule has 27 heavy (non-hydrogen) atoms. The Morgan fingerprint density at radius 2 is 1.48 bits per heavy atom. The van der Waals surface area contributed by atoms with Crippen LogP contribution in [0.5, 0.6) is 0 Å². The lowest BCUT2D eigenvalue weighted by Gasteiger charge is -2.40. The Morgan fingerprint density at radius 1 is 0.889 bits per heavy atom. The van der Waals surface area contributed by atoms with E-state index in [-0.39, 0.29) is 24.9 Å². The molecule has 0 aromatic carbocycles. The summed E-state index contributed by atoms with van der Waals surface area (Å²) in [6.07, 6.45) is -10.7. The quantitative estimate of drug-likeness (QED) is 0.527. The third-order valence-corrected chi connectivity index (χ3v) is 6.12. The maximum Gasteiger partial charge on any atom is 0.315 e. The molecule has 1 heterocycles. The van der Waals surface area contributed by atoms with Gasteiger partial charge in [0.1, 0.15) is 36.7 Å². The number of ether oxygens (including phenoxy) is 2. The first-order chi connectivity index (χ1) is 12.8. The van der Waals surface area contributed by atoms with E-state index in [2.05, 4.69) is 6.92 Å². The predicted octanol–water partition coefficient (Wildman–Crippen LogP) is 4.22. The molecule has 0 radical (unpaired) electrons. The Hall–Kier alpha value is -0.920. The third-order valence-electron chi connectivity index (χ3n) is 6.12. The highest BCUT2D eigenvalue weighted by Crippen LogP contribution is 2.40. The first-order valence-corrected chi connectivity index (χ1v) is 9.78. The lowest BCUT2D eigenvalue weighted by molar-refractivity contribution is -0.169. The van der Waals surface area contributed by atoms with E-state index in [0.717, 1.165) is 12.8 Å². The fraction of sp³-hybridized carbons (Fsp3) is 0.947. The molecule has 0 spiro atoms. The van der Waals surface area contributed by atoms with Crippen molar-refractivity contribution in [2.45, 2.75) is 88.5 Å². The second kappa shape index (κ2) is 8.62. The van der Waals surface area contributed by atoms with Gasteiger partial charge in [0.15, 0.2) is 6.17 Å². The van der Waals surface area contributed by atoms with Crippen molar-refractivity contribution in [1.29, 1.82) is 0 Å². The molecule has 0 amide bonds. The average Bonchev–Trinajstić information content (AvgIpc) is 2.59. The minimum absolute atomic E-state index is 0.00602. The zero-order valence-electron chi connectivity index (χ0n) is 15.3. The average molecular weight is 398 g/mol. The van der Waals surface area contributed by atoms with Crippen LogP contribution in [0.2, 0.25) is 0 Å². The Morgan fingerprint density at radius 3 is 2.00 bits per heavy atom. The summed E-state index contributed by atoms with van der Waals surface area (Å²) in [6, 6.07) is 0. The van der Waals surface area contributed by atoms with Gasteiger partial charge in [0, 0.05) is 19.4 Å². The second-order valence-electron chi connectivity index (χ2n) is 8.35. The van der Waals surface area contributed by atoms with Crippen LogP contribution < -0.4 is 0 Å². The summed E-state index contributed by atoms with van der Waals surface area (Å²) in [5, 5.41) is 0. The molecule has 2 saturated carbocycles. The molecule has 0 N–H and O–H groups in total. The molecule has 6 atom stereocenters. The number of hydrogen-bond donors (Lipinski definition) is 0. The van der Waals surface area contributed by atoms with Crippen LogP contribution in [0.15, 0.2) is 0 Å². The molecular weight excluding hydrogens is 371 g/mol. The lowest BCUT2D eigenvalue weighted by Crippen LogP contribution is -2.47. The Kier molecular flexibility index (Phi) is 6.64. The van der Waals surface area contributed by atoms with E-state index in [1.54, 1.807) is 0 Å². The molecule has 0 aromatic heterocycles. The van der Waals surface area contributed by atoms with Gasteiger partial charge in [-0.05, 0) is 37.5 Å². The summed E-state index contributed by atoms with van der Waals surface area (Å²) in [5.74, 6) is -2.62. The first kappa shape index (κ1) is 20.8. The Balaban J connectivity index is 1.55. The normalized spacial score (nSPS) is 48.8. The summed E-state index contributed by atoms with van der Waals surface area (Å²) < 4.78 is 79.9. The van der Waals surface area contributed by atoms with Gasteiger partial charge < -0.3 is 9.47 Å². The SMILES string of the molecule is CC1CCC(C2CC(F)C(C(=O)OC3CC(F)C(F)C(F)C3)C(F)C2)OC1. The van der Waals surface area contributed by atoms with Crippen LogP contribution in [0.4, 0.5) is 22.0 Å². The van der Waals surface area contributed by atoms with Gasteiger partial charge in [-0.3, -0.25) is 4.79 Å². The minimum atomic E-state index is -2.25. The van der Waals surface area contributed by atoms with Gasteiger partial charge >= 0.3 is 5.97 Å². The molecule has 156 valence electrons. The molecule has 0 aromatic rings. The highest BCUT2D eigenvalue weighted by Gasteiger charge is 2.48. The molecule has 1 saturated heterocycles. The van der Waals surface area contributed by atoms with Gasteiger partial charge in [0.2, 0.25) is 0 Å². The fourth-order valence-corrected chi connectivity index (χ4v) is 4.49. The highest BCUT2D eigenvalue weighted by atomic mass is 19.2. The number of carbonyl (C=O) groups excluding carboxylic acids is 1. The van der Waals surface area contributed by atoms with Crippen molar-refractivity contribution in [2.24, 2.45) is 17.8 Å². The van der Waals surface area contributed by atoms with Crippen LogP contribution in [0.3, 0.4) is 0 Å². The summed E-state index contributed by atoms with van der Waals surface area (Å²) in [7, 11) is 0. The summed E-state index contributed by atoms with van der Waals surface area (Å²) in [5.41, 5.74) is 0. The van der Waals surface area contributed by atoms with Crippen LogP contribution in [-0.4, -0.2) is 55.6 Å². The first-order valence-electron chi connectivity index (χ1n) is 9.78. The molecule has 8 heteroatoms. The Labute approximate surface area is 156 Å². The number of esters is 1. The van der Waals surface area contributed by atoms with Crippen molar-refractivity contribution in [2.75, 3.05) is 6.61 Å². The maximum atomic E-state index is 14.6. The molecule has 3 rings (SSSR count). The largest absolute Gasteiger partial charge is 0.462 e. The topological polar surface area (TPSA) is 35.5 Å². The van der Waals surface area contributed by atoms with Gasteiger partial charge in [-0.1, -0.05) is 6.92 Å². The number of hydrogen-bond acceptors (Lipinski definition) is 3. The van der Waals surface area contributed by atoms with Crippen LogP contribution in [0, 0.1) is 17.8 Å². The molecule has 3 fully saturated rings. The minimum Gasteiger partial charge on any atom is -0.462 e. The number of carbonyl (C=O) groups is 1. The fourth-order valence-electron chi connectivity index (χ4n) is 4.49. The van der Waals surface area contributed by atoms with Crippen LogP contribution in [0.25, 0.3) is 0 Å². The van der Waals surface area contributed by atoms with E-state index in [0.29, 0.717) is 12.5 Å². The second-order valence-corrected chi connectivity index (χ2v) is 8.35. The van der Waals surface area contributed by atoms with Gasteiger partial charge in [-0.25, -0.2) is 22.0 Å². The number of rotatable bonds is 3. The standard InChI is InChI=1S/C19H27F5O3/c1-9-2-3-16(26-8-9)10-4-12(20)17(13(21)5-10)19(25)27-11-6-14(22)18(24)15(23)7-11/h9-18H,2-8H2,1H3. The predicted molar refractivity (Wildman–Crippen MR) is 87.9 cm³/mol. The van der Waals surface area contributed by atoms with Crippen LogP contribution in [0.1, 0.15) is 45.4 Å².